The minimum Gasteiger partial charge on any atom is -0.454 e. The summed E-state index contributed by atoms with van der Waals surface area (Å²) in [6.07, 6.45) is 0.620. The fourth-order valence-electron chi connectivity index (χ4n) is 1.67. The van der Waals surface area contributed by atoms with Crippen LogP contribution in [0.3, 0.4) is 0 Å². The lowest BCUT2D eigenvalue weighted by Gasteiger charge is -2.12. The summed E-state index contributed by atoms with van der Waals surface area (Å²) in [5.41, 5.74) is 6.40. The average molecular weight is 300 g/mol. The Morgan fingerprint density at radius 2 is 1.89 bits per heavy atom. The van der Waals surface area contributed by atoms with Gasteiger partial charge in [0.2, 0.25) is 0 Å². The molecule has 0 unspecified atom stereocenters. The second kappa shape index (κ2) is 6.24. The first-order valence-electron chi connectivity index (χ1n) is 5.72. The minimum atomic E-state index is -0.595. The molecule has 5 heteroatoms. The van der Waals surface area contributed by atoms with Gasteiger partial charge in [-0.15, -0.1) is 0 Å². The zero-order valence-electron chi connectivity index (χ0n) is 10.00. The van der Waals surface area contributed by atoms with Crippen LogP contribution in [-0.2, 0) is 6.42 Å². The van der Waals surface area contributed by atoms with E-state index in [2.05, 4.69) is 0 Å². The minimum absolute atomic E-state index is 0.0138. The first-order chi connectivity index (χ1) is 9.11. The Morgan fingerprint density at radius 3 is 2.63 bits per heavy atom. The zero-order valence-corrected chi connectivity index (χ0v) is 11.5. The number of benzene rings is 2. The molecule has 0 bridgehead atoms. The molecular formula is C14H12Cl2FNO. The number of nitrogens with two attached hydrogens (primary N) is 1. The third-order valence-electron chi connectivity index (χ3n) is 2.58. The highest BCUT2D eigenvalue weighted by atomic mass is 35.5. The van der Waals surface area contributed by atoms with Gasteiger partial charge in [0.15, 0.2) is 11.6 Å². The fourth-order valence-corrected chi connectivity index (χ4v) is 1.99. The van der Waals surface area contributed by atoms with Gasteiger partial charge in [-0.25, -0.2) is 4.39 Å². The van der Waals surface area contributed by atoms with Crippen molar-refractivity contribution in [3.05, 3.63) is 57.8 Å². The molecule has 2 aromatic carbocycles. The highest BCUT2D eigenvalue weighted by Crippen LogP contribution is 2.32. The van der Waals surface area contributed by atoms with Gasteiger partial charge < -0.3 is 10.5 Å². The molecule has 100 valence electrons. The summed E-state index contributed by atoms with van der Waals surface area (Å²) in [4.78, 5) is 0. The van der Waals surface area contributed by atoms with Gasteiger partial charge in [0.1, 0.15) is 5.75 Å². The normalized spacial score (nSPS) is 10.5. The smallest absolute Gasteiger partial charge is 0.184 e. The van der Waals surface area contributed by atoms with Crippen molar-refractivity contribution in [3.63, 3.8) is 0 Å². The van der Waals surface area contributed by atoms with Crippen LogP contribution in [0.4, 0.5) is 4.39 Å². The van der Waals surface area contributed by atoms with Gasteiger partial charge in [0.05, 0.1) is 5.02 Å². The molecule has 0 saturated heterocycles. The predicted molar refractivity (Wildman–Crippen MR) is 75.7 cm³/mol. The Hall–Kier alpha value is -1.29. The summed E-state index contributed by atoms with van der Waals surface area (Å²) >= 11 is 11.6. The summed E-state index contributed by atoms with van der Waals surface area (Å²) in [6, 6.07) is 9.78. The molecule has 0 saturated carbocycles. The number of halogens is 3. The van der Waals surface area contributed by atoms with E-state index in [0.29, 0.717) is 23.7 Å². The summed E-state index contributed by atoms with van der Waals surface area (Å²) < 4.78 is 19.3. The molecule has 0 amide bonds. The third kappa shape index (κ3) is 3.38. The topological polar surface area (TPSA) is 35.2 Å². The molecule has 0 aromatic heterocycles. The standard InChI is InChI=1S/C14H12Cl2FNO/c15-10-5-4-9(6-7-18)13(8-10)19-12-3-1-2-11(16)14(12)17/h1-5,8H,6-7,18H2. The van der Waals surface area contributed by atoms with Crippen molar-refractivity contribution in [1.29, 1.82) is 0 Å². The van der Waals surface area contributed by atoms with Gasteiger partial charge in [-0.05, 0) is 42.8 Å². The highest BCUT2D eigenvalue weighted by Gasteiger charge is 2.11. The zero-order chi connectivity index (χ0) is 13.8. The summed E-state index contributed by atoms with van der Waals surface area (Å²) in [5, 5.41) is 0.526. The van der Waals surface area contributed by atoms with Crippen molar-refractivity contribution in [1.82, 2.24) is 0 Å². The van der Waals surface area contributed by atoms with Gasteiger partial charge in [-0.3, -0.25) is 0 Å². The van der Waals surface area contributed by atoms with Crippen molar-refractivity contribution in [2.45, 2.75) is 6.42 Å². The molecular weight excluding hydrogens is 288 g/mol. The molecule has 0 aliphatic rings. The van der Waals surface area contributed by atoms with E-state index in [4.69, 9.17) is 33.7 Å². The second-order valence-electron chi connectivity index (χ2n) is 3.94. The van der Waals surface area contributed by atoms with Crippen LogP contribution in [-0.4, -0.2) is 6.54 Å². The molecule has 0 aliphatic heterocycles. The van der Waals surface area contributed by atoms with E-state index in [9.17, 15) is 4.39 Å². The van der Waals surface area contributed by atoms with E-state index in [1.165, 1.54) is 12.1 Å². The summed E-state index contributed by atoms with van der Waals surface area (Å²) in [5.74, 6) is -0.0463. The Kier molecular flexibility index (Phi) is 4.64. The maximum atomic E-state index is 13.8. The monoisotopic (exact) mass is 299 g/mol. The molecule has 0 aliphatic carbocycles. The molecule has 0 radical (unpaired) electrons. The number of ether oxygens (including phenoxy) is 1. The van der Waals surface area contributed by atoms with Gasteiger partial charge in [0, 0.05) is 5.02 Å². The van der Waals surface area contributed by atoms with Crippen molar-refractivity contribution in [2.24, 2.45) is 5.73 Å². The van der Waals surface area contributed by atoms with Gasteiger partial charge in [-0.2, -0.15) is 0 Å². The molecule has 2 rings (SSSR count). The molecule has 2 N–H and O–H groups in total. The molecule has 0 heterocycles. The van der Waals surface area contributed by atoms with E-state index in [1.54, 1.807) is 18.2 Å². The lowest BCUT2D eigenvalue weighted by atomic mass is 10.1. The van der Waals surface area contributed by atoms with Gasteiger partial charge in [0.25, 0.3) is 0 Å². The van der Waals surface area contributed by atoms with Crippen LogP contribution in [0.1, 0.15) is 5.56 Å². The number of hydrogen-bond acceptors (Lipinski definition) is 2. The van der Waals surface area contributed by atoms with Gasteiger partial charge >= 0.3 is 0 Å². The van der Waals surface area contributed by atoms with E-state index >= 15 is 0 Å². The number of hydrogen-bond donors (Lipinski definition) is 1. The number of rotatable bonds is 4. The van der Waals surface area contributed by atoms with Crippen molar-refractivity contribution in [3.8, 4) is 11.5 Å². The molecule has 0 atom stereocenters. The van der Waals surface area contributed by atoms with E-state index in [-0.39, 0.29) is 10.8 Å². The van der Waals surface area contributed by atoms with Crippen LogP contribution in [0.2, 0.25) is 10.0 Å². The summed E-state index contributed by atoms with van der Waals surface area (Å²) in [7, 11) is 0. The second-order valence-corrected chi connectivity index (χ2v) is 4.79. The lowest BCUT2D eigenvalue weighted by Crippen LogP contribution is -2.04. The van der Waals surface area contributed by atoms with Crippen LogP contribution in [0.15, 0.2) is 36.4 Å². The first-order valence-corrected chi connectivity index (χ1v) is 6.47. The van der Waals surface area contributed by atoms with Crippen LogP contribution in [0.25, 0.3) is 0 Å². The quantitative estimate of drug-likeness (QED) is 0.906. The maximum absolute atomic E-state index is 13.8. The average Bonchev–Trinajstić information content (AvgIpc) is 2.38. The van der Waals surface area contributed by atoms with Crippen LogP contribution < -0.4 is 10.5 Å². The molecule has 0 spiro atoms. The van der Waals surface area contributed by atoms with Crippen molar-refractivity contribution in [2.75, 3.05) is 6.54 Å². The van der Waals surface area contributed by atoms with Crippen molar-refractivity contribution >= 4 is 23.2 Å². The molecule has 2 aromatic rings. The molecule has 0 fully saturated rings. The first kappa shape index (κ1) is 14.1. The largest absolute Gasteiger partial charge is 0.454 e. The van der Waals surface area contributed by atoms with Crippen LogP contribution >= 0.6 is 23.2 Å². The van der Waals surface area contributed by atoms with Crippen molar-refractivity contribution < 1.29 is 9.13 Å². The Morgan fingerprint density at radius 1 is 1.11 bits per heavy atom. The SMILES string of the molecule is NCCc1ccc(Cl)cc1Oc1cccc(Cl)c1F. The summed E-state index contributed by atoms with van der Waals surface area (Å²) in [6.45, 7) is 0.468. The Labute approximate surface area is 120 Å². The van der Waals surface area contributed by atoms with E-state index < -0.39 is 5.82 Å². The van der Waals surface area contributed by atoms with Crippen LogP contribution in [0.5, 0.6) is 11.5 Å². The highest BCUT2D eigenvalue weighted by molar-refractivity contribution is 6.31. The lowest BCUT2D eigenvalue weighted by molar-refractivity contribution is 0.438. The maximum Gasteiger partial charge on any atom is 0.184 e. The van der Waals surface area contributed by atoms with Crippen LogP contribution in [0, 0.1) is 5.82 Å². The Balaban J connectivity index is 2.36. The molecule has 2 nitrogen and oxygen atoms in total. The Bertz CT molecular complexity index is 590. The van der Waals surface area contributed by atoms with Gasteiger partial charge in [-0.1, -0.05) is 35.3 Å². The predicted octanol–water partition coefficient (Wildman–Crippen LogP) is 4.43. The van der Waals surface area contributed by atoms with E-state index in [0.717, 1.165) is 5.56 Å². The third-order valence-corrected chi connectivity index (χ3v) is 3.11. The fraction of sp³-hybridized carbons (Fsp3) is 0.143. The molecule has 19 heavy (non-hydrogen) atoms. The van der Waals surface area contributed by atoms with E-state index in [1.807, 2.05) is 6.07 Å².